The van der Waals surface area contributed by atoms with Gasteiger partial charge in [0.1, 0.15) is 11.6 Å². The summed E-state index contributed by atoms with van der Waals surface area (Å²) < 4.78 is 24.0. The van der Waals surface area contributed by atoms with Crippen molar-refractivity contribution in [1.82, 2.24) is 15.5 Å². The Bertz CT molecular complexity index is 864. The lowest BCUT2D eigenvalue weighted by Gasteiger charge is -2.03. The van der Waals surface area contributed by atoms with Gasteiger partial charge >= 0.3 is 11.8 Å². The first-order valence-corrected chi connectivity index (χ1v) is 7.17. The molecule has 0 unspecified atom stereocenters. The van der Waals surface area contributed by atoms with Gasteiger partial charge in [0.25, 0.3) is 0 Å². The Morgan fingerprint density at radius 3 is 2.83 bits per heavy atom. The van der Waals surface area contributed by atoms with Gasteiger partial charge in [-0.25, -0.2) is 4.39 Å². The molecule has 6 nitrogen and oxygen atoms in total. The normalized spacial score (nSPS) is 10.4. The van der Waals surface area contributed by atoms with E-state index in [4.69, 9.17) is 9.15 Å². The Kier molecular flexibility index (Phi) is 4.51. The van der Waals surface area contributed by atoms with E-state index in [1.54, 1.807) is 49.6 Å². The van der Waals surface area contributed by atoms with Crippen LogP contribution in [0, 0.1) is 5.82 Å². The van der Waals surface area contributed by atoms with Crippen LogP contribution in [0.1, 0.15) is 16.2 Å². The maximum absolute atomic E-state index is 13.5. The average Bonchev–Trinajstić information content (AvgIpc) is 3.11. The second-order valence-electron chi connectivity index (χ2n) is 4.92. The predicted molar refractivity (Wildman–Crippen MR) is 83.9 cm³/mol. The minimum atomic E-state index is -0.570. The molecule has 0 spiro atoms. The lowest BCUT2D eigenvalue weighted by molar-refractivity contribution is 0.0916. The fourth-order valence-corrected chi connectivity index (χ4v) is 2.08. The fourth-order valence-electron chi connectivity index (χ4n) is 2.08. The topological polar surface area (TPSA) is 77.2 Å². The smallest absolute Gasteiger partial charge is 0.309 e. The summed E-state index contributed by atoms with van der Waals surface area (Å²) in [5.74, 6) is -0.314. The summed E-state index contributed by atoms with van der Waals surface area (Å²) in [4.78, 5) is 12.0. The number of nitrogens with one attached hydrogen (secondary N) is 1. The van der Waals surface area contributed by atoms with Gasteiger partial charge in [-0.1, -0.05) is 24.3 Å². The van der Waals surface area contributed by atoms with Crippen molar-refractivity contribution in [2.24, 2.45) is 0 Å². The van der Waals surface area contributed by atoms with Crippen molar-refractivity contribution in [3.05, 3.63) is 65.8 Å². The van der Waals surface area contributed by atoms with Gasteiger partial charge in [0.15, 0.2) is 0 Å². The first kappa shape index (κ1) is 15.7. The molecule has 3 aromatic rings. The van der Waals surface area contributed by atoms with Crippen molar-refractivity contribution in [3.8, 4) is 17.2 Å². The van der Waals surface area contributed by atoms with E-state index in [1.165, 1.54) is 6.07 Å². The van der Waals surface area contributed by atoms with Crippen LogP contribution >= 0.6 is 0 Å². The molecule has 0 radical (unpaired) electrons. The van der Waals surface area contributed by atoms with Crippen molar-refractivity contribution in [3.63, 3.8) is 0 Å². The molecule has 2 aromatic carbocycles. The molecule has 1 amide bonds. The number of ether oxygens (including phenoxy) is 1. The third-order valence-corrected chi connectivity index (χ3v) is 3.33. The predicted octanol–water partition coefficient (Wildman–Crippen LogP) is 2.81. The number of aromatic nitrogens is 2. The minimum Gasteiger partial charge on any atom is -0.497 e. The number of rotatable bonds is 5. The number of hydrogen-bond acceptors (Lipinski definition) is 5. The number of benzene rings is 2. The molecule has 1 heterocycles. The molecular weight excluding hydrogens is 313 g/mol. The lowest BCUT2D eigenvalue weighted by Crippen LogP contribution is -2.23. The molecule has 0 saturated carbocycles. The van der Waals surface area contributed by atoms with E-state index >= 15 is 0 Å². The molecule has 0 bridgehead atoms. The van der Waals surface area contributed by atoms with Crippen molar-refractivity contribution < 1.29 is 18.3 Å². The van der Waals surface area contributed by atoms with Gasteiger partial charge in [-0.15, -0.1) is 10.2 Å². The zero-order valence-corrected chi connectivity index (χ0v) is 12.8. The second-order valence-corrected chi connectivity index (χ2v) is 4.92. The van der Waals surface area contributed by atoms with Crippen LogP contribution in [-0.2, 0) is 6.54 Å². The molecule has 0 atom stereocenters. The Morgan fingerprint density at radius 1 is 1.21 bits per heavy atom. The summed E-state index contributed by atoms with van der Waals surface area (Å²) in [5.41, 5.74) is 1.01. The van der Waals surface area contributed by atoms with E-state index in [1.807, 2.05) is 0 Å². The van der Waals surface area contributed by atoms with Crippen molar-refractivity contribution in [1.29, 1.82) is 0 Å². The fraction of sp³-hybridized carbons (Fsp3) is 0.118. The number of carbonyl (C=O) groups excluding carboxylic acids is 1. The molecule has 0 aliphatic rings. The summed E-state index contributed by atoms with van der Waals surface area (Å²) in [5, 5.41) is 10.1. The molecule has 1 N–H and O–H groups in total. The Balaban J connectivity index is 1.70. The molecule has 24 heavy (non-hydrogen) atoms. The highest BCUT2D eigenvalue weighted by Crippen LogP contribution is 2.22. The van der Waals surface area contributed by atoms with Crippen LogP contribution in [0.5, 0.6) is 5.75 Å². The first-order valence-electron chi connectivity index (χ1n) is 7.17. The minimum absolute atomic E-state index is 0.0301. The quantitative estimate of drug-likeness (QED) is 0.780. The van der Waals surface area contributed by atoms with Gasteiger partial charge in [0.05, 0.1) is 7.11 Å². The van der Waals surface area contributed by atoms with E-state index < -0.39 is 5.91 Å². The largest absolute Gasteiger partial charge is 0.497 e. The summed E-state index contributed by atoms with van der Waals surface area (Å²) >= 11 is 0. The summed E-state index contributed by atoms with van der Waals surface area (Å²) in [7, 11) is 1.55. The van der Waals surface area contributed by atoms with E-state index in [0.717, 1.165) is 0 Å². The van der Waals surface area contributed by atoms with Crippen molar-refractivity contribution >= 4 is 5.91 Å². The molecule has 0 saturated heterocycles. The van der Waals surface area contributed by atoms with Crippen LogP contribution in [0.15, 0.2) is 52.9 Å². The van der Waals surface area contributed by atoms with Crippen molar-refractivity contribution in [2.45, 2.75) is 6.54 Å². The molecule has 0 aliphatic carbocycles. The lowest BCUT2D eigenvalue weighted by atomic mass is 10.2. The van der Waals surface area contributed by atoms with E-state index in [2.05, 4.69) is 15.5 Å². The van der Waals surface area contributed by atoms with Gasteiger partial charge < -0.3 is 14.5 Å². The molecule has 0 fully saturated rings. The third-order valence-electron chi connectivity index (χ3n) is 3.33. The Morgan fingerprint density at radius 2 is 2.04 bits per heavy atom. The van der Waals surface area contributed by atoms with E-state index in [9.17, 15) is 9.18 Å². The third kappa shape index (κ3) is 3.40. The molecule has 122 valence electrons. The number of carbonyl (C=O) groups is 1. The summed E-state index contributed by atoms with van der Waals surface area (Å²) in [6.45, 7) is 0.0301. The molecule has 1 aromatic heterocycles. The van der Waals surface area contributed by atoms with Crippen LogP contribution in [0.25, 0.3) is 11.5 Å². The van der Waals surface area contributed by atoms with Crippen LogP contribution in [-0.4, -0.2) is 23.2 Å². The zero-order valence-electron chi connectivity index (χ0n) is 12.8. The SMILES string of the molecule is COc1cccc(-c2nnc(C(=O)NCc3ccccc3F)o2)c1. The summed E-state index contributed by atoms with van der Waals surface area (Å²) in [6, 6.07) is 13.2. The van der Waals surface area contributed by atoms with Gasteiger partial charge in [0, 0.05) is 17.7 Å². The highest BCUT2D eigenvalue weighted by atomic mass is 19.1. The molecule has 7 heteroatoms. The molecule has 0 aliphatic heterocycles. The highest BCUT2D eigenvalue weighted by Gasteiger charge is 2.16. The first-order chi connectivity index (χ1) is 11.7. The Hall–Kier alpha value is -3.22. The highest BCUT2D eigenvalue weighted by molar-refractivity contribution is 5.89. The van der Waals surface area contributed by atoms with Crippen LogP contribution in [0.3, 0.4) is 0 Å². The maximum Gasteiger partial charge on any atom is 0.309 e. The van der Waals surface area contributed by atoms with Crippen LogP contribution in [0.2, 0.25) is 0 Å². The summed E-state index contributed by atoms with van der Waals surface area (Å²) in [6.07, 6.45) is 0. The number of methoxy groups -OCH3 is 1. The van der Waals surface area contributed by atoms with Crippen LogP contribution in [0.4, 0.5) is 4.39 Å². The Labute approximate surface area is 137 Å². The molecule has 3 rings (SSSR count). The number of halogens is 1. The standard InChI is InChI=1S/C17H14FN3O3/c1-23-13-7-4-6-11(9-13)16-20-21-17(24-16)15(22)19-10-12-5-2-3-8-14(12)18/h2-9H,10H2,1H3,(H,19,22). The van der Waals surface area contributed by atoms with E-state index in [-0.39, 0.29) is 24.1 Å². The number of hydrogen-bond donors (Lipinski definition) is 1. The van der Waals surface area contributed by atoms with E-state index in [0.29, 0.717) is 16.9 Å². The number of amides is 1. The van der Waals surface area contributed by atoms with Gasteiger partial charge in [-0.05, 0) is 24.3 Å². The van der Waals surface area contributed by atoms with Crippen molar-refractivity contribution in [2.75, 3.05) is 7.11 Å². The second kappa shape index (κ2) is 6.91. The zero-order chi connectivity index (χ0) is 16.9. The van der Waals surface area contributed by atoms with Gasteiger partial charge in [-0.3, -0.25) is 4.79 Å². The number of nitrogens with zero attached hydrogens (tertiary/aromatic N) is 2. The van der Waals surface area contributed by atoms with Gasteiger partial charge in [0.2, 0.25) is 5.89 Å². The van der Waals surface area contributed by atoms with Gasteiger partial charge in [-0.2, -0.15) is 0 Å². The van der Waals surface area contributed by atoms with Crippen LogP contribution < -0.4 is 10.1 Å². The monoisotopic (exact) mass is 327 g/mol. The maximum atomic E-state index is 13.5. The molecular formula is C17H14FN3O3. The average molecular weight is 327 g/mol.